The van der Waals surface area contributed by atoms with Crippen molar-refractivity contribution in [3.63, 3.8) is 0 Å². The molecular formula is C16H27NO3. The van der Waals surface area contributed by atoms with Gasteiger partial charge in [0.1, 0.15) is 0 Å². The highest BCUT2D eigenvalue weighted by Crippen LogP contribution is 2.40. The van der Waals surface area contributed by atoms with Gasteiger partial charge in [0.15, 0.2) is 0 Å². The zero-order chi connectivity index (χ0) is 14.9. The predicted molar refractivity (Wildman–Crippen MR) is 77.2 cm³/mol. The molecule has 2 unspecified atom stereocenters. The first-order chi connectivity index (χ1) is 9.32. The lowest BCUT2D eigenvalue weighted by Crippen LogP contribution is -2.40. The number of carboxylic acid groups (broad SMARTS) is 1. The first kappa shape index (κ1) is 15.3. The average Bonchev–Trinajstić information content (AvgIpc) is 2.92. The van der Waals surface area contributed by atoms with Crippen molar-refractivity contribution in [2.24, 2.45) is 23.2 Å². The standard InChI is InChI=1S/C16H27NO3/c1-4-10-7-12(13(8-10)15(19)20)14(18)17-11-5-6-16(2,3)9-11/h10-13H,4-9H2,1-3H3,(H,17,18)(H,19,20)/t10?,11?,12-,13+/m0/s1. The fourth-order valence-corrected chi connectivity index (χ4v) is 3.91. The number of amides is 1. The van der Waals surface area contributed by atoms with Gasteiger partial charge in [0.05, 0.1) is 11.8 Å². The summed E-state index contributed by atoms with van der Waals surface area (Å²) in [5.41, 5.74) is 0.297. The molecule has 0 heterocycles. The minimum Gasteiger partial charge on any atom is -0.481 e. The molecule has 2 aliphatic carbocycles. The normalized spacial score (nSPS) is 36.0. The summed E-state index contributed by atoms with van der Waals surface area (Å²) < 4.78 is 0. The van der Waals surface area contributed by atoms with E-state index in [4.69, 9.17) is 0 Å². The van der Waals surface area contributed by atoms with E-state index in [1.165, 1.54) is 0 Å². The summed E-state index contributed by atoms with van der Waals surface area (Å²) in [6.07, 6.45) is 5.49. The van der Waals surface area contributed by atoms with Gasteiger partial charge in [-0.3, -0.25) is 9.59 Å². The summed E-state index contributed by atoms with van der Waals surface area (Å²) >= 11 is 0. The fraction of sp³-hybridized carbons (Fsp3) is 0.875. The third kappa shape index (κ3) is 3.33. The molecule has 2 rings (SSSR count). The van der Waals surface area contributed by atoms with Crippen LogP contribution in [0.5, 0.6) is 0 Å². The second-order valence-electron chi connectivity index (χ2n) is 7.41. The van der Waals surface area contributed by atoms with Crippen LogP contribution in [0.25, 0.3) is 0 Å². The highest BCUT2D eigenvalue weighted by Gasteiger charge is 2.43. The largest absolute Gasteiger partial charge is 0.481 e. The molecule has 20 heavy (non-hydrogen) atoms. The smallest absolute Gasteiger partial charge is 0.307 e. The minimum absolute atomic E-state index is 0.0314. The van der Waals surface area contributed by atoms with Crippen LogP contribution in [-0.2, 0) is 9.59 Å². The van der Waals surface area contributed by atoms with Gasteiger partial charge in [0.2, 0.25) is 5.91 Å². The molecule has 0 aliphatic heterocycles. The number of carbonyl (C=O) groups is 2. The number of aliphatic carboxylic acids is 1. The maximum atomic E-state index is 12.4. The van der Waals surface area contributed by atoms with Crippen LogP contribution in [-0.4, -0.2) is 23.0 Å². The van der Waals surface area contributed by atoms with E-state index in [1.807, 2.05) is 0 Å². The summed E-state index contributed by atoms with van der Waals surface area (Å²) in [7, 11) is 0. The van der Waals surface area contributed by atoms with Crippen molar-refractivity contribution in [2.45, 2.75) is 65.3 Å². The summed E-state index contributed by atoms with van der Waals surface area (Å²) in [4.78, 5) is 23.8. The number of rotatable bonds is 4. The van der Waals surface area contributed by atoms with Crippen LogP contribution in [0.1, 0.15) is 59.3 Å². The van der Waals surface area contributed by atoms with E-state index >= 15 is 0 Å². The third-order valence-electron chi connectivity index (χ3n) is 5.21. The second-order valence-corrected chi connectivity index (χ2v) is 7.41. The molecule has 2 fully saturated rings. The van der Waals surface area contributed by atoms with Crippen molar-refractivity contribution in [3.05, 3.63) is 0 Å². The van der Waals surface area contributed by atoms with E-state index in [2.05, 4.69) is 26.1 Å². The van der Waals surface area contributed by atoms with Gasteiger partial charge in [0.25, 0.3) is 0 Å². The van der Waals surface area contributed by atoms with Crippen molar-refractivity contribution in [1.29, 1.82) is 0 Å². The minimum atomic E-state index is -0.812. The zero-order valence-corrected chi connectivity index (χ0v) is 12.8. The molecule has 0 aromatic heterocycles. The summed E-state index contributed by atoms with van der Waals surface area (Å²) in [5.74, 6) is -1.29. The van der Waals surface area contributed by atoms with Gasteiger partial charge < -0.3 is 10.4 Å². The van der Waals surface area contributed by atoms with Crippen LogP contribution < -0.4 is 5.32 Å². The molecule has 114 valence electrons. The molecule has 2 aliphatic rings. The topological polar surface area (TPSA) is 66.4 Å². The van der Waals surface area contributed by atoms with E-state index in [-0.39, 0.29) is 17.9 Å². The molecule has 0 saturated heterocycles. The Hall–Kier alpha value is -1.06. The molecule has 2 saturated carbocycles. The molecule has 0 aromatic carbocycles. The molecule has 4 heteroatoms. The van der Waals surface area contributed by atoms with Crippen LogP contribution in [0.4, 0.5) is 0 Å². The maximum absolute atomic E-state index is 12.4. The molecule has 0 aromatic rings. The first-order valence-electron chi connectivity index (χ1n) is 7.85. The monoisotopic (exact) mass is 281 g/mol. The molecule has 0 bridgehead atoms. The molecule has 0 spiro atoms. The van der Waals surface area contributed by atoms with E-state index in [1.54, 1.807) is 0 Å². The van der Waals surface area contributed by atoms with Crippen LogP contribution >= 0.6 is 0 Å². The summed E-state index contributed by atoms with van der Waals surface area (Å²) in [6.45, 7) is 6.52. The highest BCUT2D eigenvalue weighted by atomic mass is 16.4. The van der Waals surface area contributed by atoms with Crippen molar-refractivity contribution < 1.29 is 14.7 Å². The van der Waals surface area contributed by atoms with Gasteiger partial charge in [-0.15, -0.1) is 0 Å². The van der Waals surface area contributed by atoms with Gasteiger partial charge in [0, 0.05) is 6.04 Å². The van der Waals surface area contributed by atoms with Crippen LogP contribution in [0, 0.1) is 23.2 Å². The van der Waals surface area contributed by atoms with Crippen molar-refractivity contribution in [2.75, 3.05) is 0 Å². The molecule has 4 atom stereocenters. The van der Waals surface area contributed by atoms with Gasteiger partial charge >= 0.3 is 5.97 Å². The molecule has 4 nitrogen and oxygen atoms in total. The SMILES string of the molecule is CCC1C[C@H](C(=O)NC2CCC(C)(C)C2)[C@H](C(=O)O)C1. The van der Waals surface area contributed by atoms with Crippen molar-refractivity contribution >= 4 is 11.9 Å². The molecule has 0 radical (unpaired) electrons. The van der Waals surface area contributed by atoms with Crippen LogP contribution in [0.2, 0.25) is 0 Å². The maximum Gasteiger partial charge on any atom is 0.307 e. The first-order valence-corrected chi connectivity index (χ1v) is 7.85. The van der Waals surface area contributed by atoms with E-state index in [9.17, 15) is 14.7 Å². The van der Waals surface area contributed by atoms with Gasteiger partial charge in [-0.1, -0.05) is 27.2 Å². The Labute approximate surface area is 121 Å². The number of hydrogen-bond acceptors (Lipinski definition) is 2. The van der Waals surface area contributed by atoms with Crippen LogP contribution in [0.15, 0.2) is 0 Å². The average molecular weight is 281 g/mol. The molecular weight excluding hydrogens is 254 g/mol. The van der Waals surface area contributed by atoms with Crippen LogP contribution in [0.3, 0.4) is 0 Å². The zero-order valence-electron chi connectivity index (χ0n) is 12.8. The van der Waals surface area contributed by atoms with E-state index in [0.29, 0.717) is 17.8 Å². The lowest BCUT2D eigenvalue weighted by molar-refractivity contribution is -0.146. The van der Waals surface area contributed by atoms with Gasteiger partial charge in [-0.05, 0) is 43.4 Å². The lowest BCUT2D eigenvalue weighted by atomic mass is 9.91. The number of hydrogen-bond donors (Lipinski definition) is 2. The van der Waals surface area contributed by atoms with E-state index < -0.39 is 11.9 Å². The Morgan fingerprint density at radius 2 is 1.90 bits per heavy atom. The number of nitrogens with one attached hydrogen (secondary N) is 1. The van der Waals surface area contributed by atoms with E-state index in [0.717, 1.165) is 32.1 Å². The van der Waals surface area contributed by atoms with Crippen molar-refractivity contribution in [3.8, 4) is 0 Å². The number of carbonyl (C=O) groups excluding carboxylic acids is 1. The Kier molecular flexibility index (Phi) is 4.40. The van der Waals surface area contributed by atoms with Gasteiger partial charge in [-0.25, -0.2) is 0 Å². The quantitative estimate of drug-likeness (QED) is 0.832. The lowest BCUT2D eigenvalue weighted by Gasteiger charge is -2.21. The Morgan fingerprint density at radius 3 is 2.40 bits per heavy atom. The predicted octanol–water partition coefficient (Wildman–Crippen LogP) is 2.82. The second kappa shape index (κ2) is 5.74. The Bertz CT molecular complexity index is 391. The third-order valence-corrected chi connectivity index (χ3v) is 5.21. The molecule has 2 N–H and O–H groups in total. The fourth-order valence-electron chi connectivity index (χ4n) is 3.91. The summed E-state index contributed by atoms with van der Waals surface area (Å²) in [6, 6.07) is 0.229. The highest BCUT2D eigenvalue weighted by molar-refractivity contribution is 5.85. The molecule has 1 amide bonds. The van der Waals surface area contributed by atoms with Gasteiger partial charge in [-0.2, -0.15) is 0 Å². The number of carboxylic acids is 1. The summed E-state index contributed by atoms with van der Waals surface area (Å²) in [5, 5.41) is 12.4. The Balaban J connectivity index is 1.96. The Morgan fingerprint density at radius 1 is 1.25 bits per heavy atom. The van der Waals surface area contributed by atoms with Crippen molar-refractivity contribution in [1.82, 2.24) is 5.32 Å².